The molecule has 1 fully saturated rings. The molecule has 3 aromatic rings. The number of benzene rings is 2. The van der Waals surface area contributed by atoms with Gasteiger partial charge in [0.15, 0.2) is 16.7 Å². The molecule has 2 aliphatic rings. The van der Waals surface area contributed by atoms with Gasteiger partial charge in [0.05, 0.1) is 18.0 Å². The van der Waals surface area contributed by atoms with Gasteiger partial charge in [-0.1, -0.05) is 41.6 Å². The number of ether oxygens (including phenoxy) is 2. The Kier molecular flexibility index (Phi) is 6.89. The molecule has 1 atom stereocenters. The van der Waals surface area contributed by atoms with Crippen LogP contribution in [-0.4, -0.2) is 58.8 Å². The highest BCUT2D eigenvalue weighted by molar-refractivity contribution is 7.99. The summed E-state index contributed by atoms with van der Waals surface area (Å²) in [6.07, 6.45) is 3.34. The van der Waals surface area contributed by atoms with E-state index in [1.807, 2.05) is 24.3 Å². The van der Waals surface area contributed by atoms with Gasteiger partial charge >= 0.3 is 0 Å². The molecular weight excluding hydrogens is 450 g/mol. The number of nitrogens with zero attached hydrogens (tertiary/aromatic N) is 4. The third-order valence-electron chi connectivity index (χ3n) is 5.97. The van der Waals surface area contributed by atoms with Gasteiger partial charge in [0.25, 0.3) is 0 Å². The highest BCUT2D eigenvalue weighted by Crippen LogP contribution is 2.31. The summed E-state index contributed by atoms with van der Waals surface area (Å²) in [5.74, 6) is 2.46. The van der Waals surface area contributed by atoms with Crippen LogP contribution in [0, 0.1) is 6.92 Å². The van der Waals surface area contributed by atoms with Crippen LogP contribution in [0.25, 0.3) is 5.69 Å². The number of piperidine rings is 1. The summed E-state index contributed by atoms with van der Waals surface area (Å²) in [6.45, 7) is 4.81. The number of para-hydroxylation sites is 2. The fourth-order valence-electron chi connectivity index (χ4n) is 4.15. The number of hydrogen-bond donors (Lipinski definition) is 1. The molecule has 1 aromatic heterocycles. The first-order chi connectivity index (χ1) is 16.7. The lowest BCUT2D eigenvalue weighted by molar-refractivity contribution is -0.119. The van der Waals surface area contributed by atoms with Crippen LogP contribution < -0.4 is 19.7 Å². The summed E-state index contributed by atoms with van der Waals surface area (Å²) in [6, 6.07) is 15.9. The minimum absolute atomic E-state index is 0.0783. The molecule has 0 radical (unpaired) electrons. The largest absolute Gasteiger partial charge is 0.486 e. The van der Waals surface area contributed by atoms with Crippen molar-refractivity contribution >= 4 is 23.6 Å². The minimum Gasteiger partial charge on any atom is -0.486 e. The van der Waals surface area contributed by atoms with E-state index in [1.54, 1.807) is 0 Å². The monoisotopic (exact) mass is 479 g/mol. The molecule has 8 nitrogen and oxygen atoms in total. The zero-order chi connectivity index (χ0) is 23.3. The van der Waals surface area contributed by atoms with Crippen LogP contribution in [0.3, 0.4) is 0 Å². The average molecular weight is 480 g/mol. The molecule has 2 aromatic carbocycles. The van der Waals surface area contributed by atoms with Crippen molar-refractivity contribution in [1.29, 1.82) is 0 Å². The lowest BCUT2D eigenvalue weighted by Gasteiger charge is -2.27. The van der Waals surface area contributed by atoms with E-state index >= 15 is 0 Å². The van der Waals surface area contributed by atoms with E-state index in [0.717, 1.165) is 43.3 Å². The van der Waals surface area contributed by atoms with E-state index in [1.165, 1.54) is 23.7 Å². The standard InChI is InChI=1S/C25H29N5O3S/c1-18-9-11-19(12-10-18)30-24(29-13-5-2-6-14-29)27-28-25(30)34-17-23(31)26-15-20-16-32-21-7-3-4-8-22(21)33-20/h3-4,7-12,20H,2,5-6,13-17H2,1H3,(H,26,31)/t20-/m1/s1. The van der Waals surface area contributed by atoms with Gasteiger partial charge in [-0.2, -0.15) is 0 Å². The van der Waals surface area contributed by atoms with Crippen LogP contribution in [0.4, 0.5) is 5.95 Å². The smallest absolute Gasteiger partial charge is 0.232 e. The zero-order valence-electron chi connectivity index (χ0n) is 19.3. The molecule has 2 aliphatic heterocycles. The number of aromatic nitrogens is 3. The van der Waals surface area contributed by atoms with Crippen LogP contribution >= 0.6 is 11.8 Å². The highest BCUT2D eigenvalue weighted by atomic mass is 32.2. The van der Waals surface area contributed by atoms with E-state index < -0.39 is 0 Å². The van der Waals surface area contributed by atoms with E-state index in [4.69, 9.17) is 9.47 Å². The van der Waals surface area contributed by atoms with Gasteiger partial charge in [0.1, 0.15) is 12.7 Å². The van der Waals surface area contributed by atoms with Crippen molar-refractivity contribution in [2.24, 2.45) is 0 Å². The molecule has 0 unspecified atom stereocenters. The predicted molar refractivity (Wildman–Crippen MR) is 132 cm³/mol. The van der Waals surface area contributed by atoms with E-state index in [-0.39, 0.29) is 17.8 Å². The second kappa shape index (κ2) is 10.4. The second-order valence-corrected chi connectivity index (χ2v) is 9.53. The summed E-state index contributed by atoms with van der Waals surface area (Å²) in [7, 11) is 0. The summed E-state index contributed by atoms with van der Waals surface area (Å²) in [5, 5.41) is 12.6. The van der Waals surface area contributed by atoms with Gasteiger partial charge in [0, 0.05) is 13.1 Å². The second-order valence-electron chi connectivity index (χ2n) is 8.59. The maximum atomic E-state index is 12.6. The van der Waals surface area contributed by atoms with Crippen molar-refractivity contribution in [1.82, 2.24) is 20.1 Å². The predicted octanol–water partition coefficient (Wildman–Crippen LogP) is 3.61. The van der Waals surface area contributed by atoms with E-state index in [2.05, 4.69) is 56.2 Å². The van der Waals surface area contributed by atoms with Gasteiger partial charge < -0.3 is 19.7 Å². The molecule has 1 N–H and O–H groups in total. The van der Waals surface area contributed by atoms with Crippen LogP contribution in [0.15, 0.2) is 53.7 Å². The molecule has 9 heteroatoms. The molecule has 1 amide bonds. The molecule has 0 saturated carbocycles. The van der Waals surface area contributed by atoms with Crippen molar-refractivity contribution < 1.29 is 14.3 Å². The normalized spacial score (nSPS) is 17.4. The maximum Gasteiger partial charge on any atom is 0.232 e. The molecule has 0 spiro atoms. The van der Waals surface area contributed by atoms with Crippen molar-refractivity contribution in [2.75, 3.05) is 36.9 Å². The van der Waals surface area contributed by atoms with Gasteiger partial charge in [-0.3, -0.25) is 9.36 Å². The zero-order valence-corrected chi connectivity index (χ0v) is 20.1. The van der Waals surface area contributed by atoms with Crippen molar-refractivity contribution in [3.63, 3.8) is 0 Å². The number of hydrogen-bond acceptors (Lipinski definition) is 7. The highest BCUT2D eigenvalue weighted by Gasteiger charge is 2.23. The van der Waals surface area contributed by atoms with Gasteiger partial charge in [-0.25, -0.2) is 0 Å². The topological polar surface area (TPSA) is 81.5 Å². The van der Waals surface area contributed by atoms with Gasteiger partial charge in [-0.05, 0) is 50.5 Å². The molecule has 178 valence electrons. The Labute approximate surface area is 203 Å². The number of carbonyl (C=O) groups excluding carboxylic acids is 1. The summed E-state index contributed by atoms with van der Waals surface area (Å²) in [4.78, 5) is 14.9. The average Bonchev–Trinajstić information content (AvgIpc) is 3.31. The first-order valence-corrected chi connectivity index (χ1v) is 12.7. The number of nitrogens with one attached hydrogen (secondary N) is 1. The van der Waals surface area contributed by atoms with Crippen molar-refractivity contribution in [2.45, 2.75) is 37.4 Å². The molecule has 1 saturated heterocycles. The first kappa shape index (κ1) is 22.6. The summed E-state index contributed by atoms with van der Waals surface area (Å²) < 4.78 is 13.7. The number of fused-ring (bicyclic) bond motifs is 1. The first-order valence-electron chi connectivity index (χ1n) is 11.7. The number of rotatable bonds is 7. The van der Waals surface area contributed by atoms with Crippen molar-refractivity contribution in [3.05, 3.63) is 54.1 Å². The van der Waals surface area contributed by atoms with Crippen LogP contribution in [0.2, 0.25) is 0 Å². The Hall–Kier alpha value is -3.20. The van der Waals surface area contributed by atoms with E-state index in [0.29, 0.717) is 24.1 Å². The van der Waals surface area contributed by atoms with E-state index in [9.17, 15) is 4.79 Å². The SMILES string of the molecule is Cc1ccc(-n2c(SCC(=O)NC[C@@H]3COc4ccccc4O3)nnc2N2CCCCC2)cc1. The molecule has 34 heavy (non-hydrogen) atoms. The Morgan fingerprint density at radius 1 is 1.06 bits per heavy atom. The fraction of sp³-hybridized carbons (Fsp3) is 0.400. The summed E-state index contributed by atoms with van der Waals surface area (Å²) in [5.41, 5.74) is 2.20. The minimum atomic E-state index is -0.217. The van der Waals surface area contributed by atoms with Crippen molar-refractivity contribution in [3.8, 4) is 17.2 Å². The molecule has 0 aliphatic carbocycles. The van der Waals surface area contributed by atoms with Crippen LogP contribution in [0.1, 0.15) is 24.8 Å². The maximum absolute atomic E-state index is 12.6. The van der Waals surface area contributed by atoms with Crippen LogP contribution in [-0.2, 0) is 4.79 Å². The Bertz CT molecular complexity index is 1130. The molecular formula is C25H29N5O3S. The van der Waals surface area contributed by atoms with Gasteiger partial charge in [-0.15, -0.1) is 10.2 Å². The molecule has 5 rings (SSSR count). The van der Waals surface area contributed by atoms with Gasteiger partial charge in [0.2, 0.25) is 11.9 Å². The molecule has 0 bridgehead atoms. The molecule has 3 heterocycles. The number of amides is 1. The third kappa shape index (κ3) is 5.14. The quantitative estimate of drug-likeness (QED) is 0.519. The Morgan fingerprint density at radius 2 is 1.82 bits per heavy atom. The number of anilines is 1. The number of thioether (sulfide) groups is 1. The fourth-order valence-corrected chi connectivity index (χ4v) is 4.92. The summed E-state index contributed by atoms with van der Waals surface area (Å²) >= 11 is 1.39. The van der Waals surface area contributed by atoms with Crippen LogP contribution in [0.5, 0.6) is 11.5 Å². The number of aryl methyl sites for hydroxylation is 1. The Balaban J connectivity index is 1.23. The third-order valence-corrected chi connectivity index (χ3v) is 6.90. The Morgan fingerprint density at radius 3 is 2.62 bits per heavy atom. The lowest BCUT2D eigenvalue weighted by atomic mass is 10.1. The number of carbonyl (C=O) groups is 1. The lowest BCUT2D eigenvalue weighted by Crippen LogP contribution is -2.41.